The van der Waals surface area contributed by atoms with E-state index in [9.17, 15) is 4.79 Å². The minimum Gasteiger partial charge on any atom is -0.372 e. The van der Waals surface area contributed by atoms with Crippen molar-refractivity contribution in [1.82, 2.24) is 10.2 Å². The van der Waals surface area contributed by atoms with E-state index >= 15 is 0 Å². The fourth-order valence-corrected chi connectivity index (χ4v) is 2.00. The average Bonchev–Trinajstić information content (AvgIpc) is 2.78. The number of carbonyl (C=O) groups excluding carboxylic acids is 1. The summed E-state index contributed by atoms with van der Waals surface area (Å²) in [5.41, 5.74) is 1.69. The molecule has 2 rings (SSSR count). The van der Waals surface area contributed by atoms with Crippen molar-refractivity contribution < 1.29 is 4.79 Å². The molecular formula is C12H13ClN2O. The molecule has 0 spiro atoms. The molecule has 3 nitrogen and oxygen atoms in total. The van der Waals surface area contributed by atoms with Gasteiger partial charge in [-0.15, -0.1) is 0 Å². The van der Waals surface area contributed by atoms with Crippen LogP contribution in [0.5, 0.6) is 0 Å². The Morgan fingerprint density at radius 3 is 2.75 bits per heavy atom. The highest BCUT2D eigenvalue weighted by atomic mass is 35.5. The SMILES string of the molecule is C[C@H](c1ccccc1)N1CNC=C1C(=O)Cl. The van der Waals surface area contributed by atoms with Crippen molar-refractivity contribution in [3.63, 3.8) is 0 Å². The zero-order valence-corrected chi connectivity index (χ0v) is 9.74. The van der Waals surface area contributed by atoms with Gasteiger partial charge in [-0.25, -0.2) is 0 Å². The van der Waals surface area contributed by atoms with Gasteiger partial charge in [0.25, 0.3) is 5.24 Å². The van der Waals surface area contributed by atoms with Crippen LogP contribution in [0.4, 0.5) is 0 Å². The lowest BCUT2D eigenvalue weighted by Crippen LogP contribution is -2.28. The van der Waals surface area contributed by atoms with Gasteiger partial charge in [0.15, 0.2) is 0 Å². The van der Waals surface area contributed by atoms with Crippen molar-refractivity contribution in [1.29, 1.82) is 0 Å². The van der Waals surface area contributed by atoms with Crippen molar-refractivity contribution in [3.05, 3.63) is 47.8 Å². The second-order valence-electron chi connectivity index (χ2n) is 3.72. The van der Waals surface area contributed by atoms with Gasteiger partial charge >= 0.3 is 0 Å². The smallest absolute Gasteiger partial charge is 0.270 e. The summed E-state index contributed by atoms with van der Waals surface area (Å²) in [4.78, 5) is 13.2. The van der Waals surface area contributed by atoms with Crippen molar-refractivity contribution in [2.24, 2.45) is 0 Å². The van der Waals surface area contributed by atoms with E-state index in [0.717, 1.165) is 5.56 Å². The summed E-state index contributed by atoms with van der Waals surface area (Å²) in [5, 5.41) is 2.59. The predicted molar refractivity (Wildman–Crippen MR) is 63.6 cm³/mol. The highest BCUT2D eigenvalue weighted by molar-refractivity contribution is 6.67. The van der Waals surface area contributed by atoms with Crippen molar-refractivity contribution in [2.75, 3.05) is 6.67 Å². The lowest BCUT2D eigenvalue weighted by molar-refractivity contribution is -0.110. The lowest BCUT2D eigenvalue weighted by atomic mass is 10.1. The van der Waals surface area contributed by atoms with E-state index in [2.05, 4.69) is 12.2 Å². The summed E-state index contributed by atoms with van der Waals surface area (Å²) in [6.45, 7) is 2.67. The van der Waals surface area contributed by atoms with Crippen molar-refractivity contribution in [3.8, 4) is 0 Å². The Kier molecular flexibility index (Phi) is 3.15. The maximum absolute atomic E-state index is 11.2. The molecule has 0 saturated heterocycles. The standard InChI is InChI=1S/C12H13ClN2O/c1-9(10-5-3-2-4-6-10)15-8-14-7-11(15)12(13)16/h2-7,9,14H,8H2,1H3/t9-/m1/s1. The van der Waals surface area contributed by atoms with Crippen LogP contribution in [0.1, 0.15) is 18.5 Å². The number of rotatable bonds is 3. The van der Waals surface area contributed by atoms with Crippen LogP contribution < -0.4 is 5.32 Å². The van der Waals surface area contributed by atoms with E-state index in [0.29, 0.717) is 12.4 Å². The Hall–Kier alpha value is -1.48. The van der Waals surface area contributed by atoms with Crippen LogP contribution in [0.3, 0.4) is 0 Å². The maximum atomic E-state index is 11.2. The summed E-state index contributed by atoms with van der Waals surface area (Å²) < 4.78 is 0. The Morgan fingerprint density at radius 2 is 2.12 bits per heavy atom. The van der Waals surface area contributed by atoms with E-state index in [1.165, 1.54) is 0 Å². The molecule has 16 heavy (non-hydrogen) atoms. The van der Waals surface area contributed by atoms with E-state index in [1.807, 2.05) is 35.2 Å². The first-order valence-corrected chi connectivity index (χ1v) is 5.53. The summed E-state index contributed by atoms with van der Waals surface area (Å²) in [7, 11) is 0. The number of allylic oxidation sites excluding steroid dienone is 1. The number of nitrogens with one attached hydrogen (secondary N) is 1. The molecule has 1 atom stereocenters. The molecular weight excluding hydrogens is 224 g/mol. The number of nitrogens with zero attached hydrogens (tertiary/aromatic N) is 1. The summed E-state index contributed by atoms with van der Waals surface area (Å²) in [6, 6.07) is 10.2. The molecule has 0 aliphatic carbocycles. The van der Waals surface area contributed by atoms with Crippen LogP contribution in [-0.2, 0) is 4.79 Å². The first-order valence-electron chi connectivity index (χ1n) is 5.15. The molecule has 4 heteroatoms. The second-order valence-corrected chi connectivity index (χ2v) is 4.07. The normalized spacial score (nSPS) is 16.6. The Balaban J connectivity index is 2.20. The van der Waals surface area contributed by atoms with E-state index in [4.69, 9.17) is 11.6 Å². The fraction of sp³-hybridized carbons (Fsp3) is 0.250. The third-order valence-electron chi connectivity index (χ3n) is 2.76. The van der Waals surface area contributed by atoms with Gasteiger partial charge in [0.1, 0.15) is 5.70 Å². The number of hydrogen-bond donors (Lipinski definition) is 1. The minimum absolute atomic E-state index is 0.130. The fourth-order valence-electron chi connectivity index (χ4n) is 1.84. The van der Waals surface area contributed by atoms with Gasteiger partial charge < -0.3 is 10.2 Å². The Morgan fingerprint density at radius 1 is 1.44 bits per heavy atom. The van der Waals surface area contributed by atoms with E-state index in [-0.39, 0.29) is 6.04 Å². The summed E-state index contributed by atoms with van der Waals surface area (Å²) in [5.74, 6) is 0. The molecule has 1 aromatic carbocycles. The molecule has 1 N–H and O–H groups in total. The zero-order chi connectivity index (χ0) is 11.5. The summed E-state index contributed by atoms with van der Waals surface area (Å²) in [6.07, 6.45) is 1.66. The molecule has 1 aliphatic heterocycles. The molecule has 0 unspecified atom stereocenters. The molecule has 0 bridgehead atoms. The van der Waals surface area contributed by atoms with E-state index < -0.39 is 5.24 Å². The van der Waals surface area contributed by atoms with Gasteiger partial charge in [-0.2, -0.15) is 0 Å². The molecule has 0 fully saturated rings. The Labute approximate surface area is 99.7 Å². The number of halogens is 1. The lowest BCUT2D eigenvalue weighted by Gasteiger charge is -2.27. The summed E-state index contributed by atoms with van der Waals surface area (Å²) >= 11 is 5.52. The molecule has 0 aromatic heterocycles. The number of benzene rings is 1. The predicted octanol–water partition coefficient (Wildman–Crippen LogP) is 2.22. The third-order valence-corrected chi connectivity index (χ3v) is 2.95. The first-order chi connectivity index (χ1) is 7.70. The third kappa shape index (κ3) is 2.04. The molecule has 1 aromatic rings. The van der Waals surface area contributed by atoms with Crippen molar-refractivity contribution in [2.45, 2.75) is 13.0 Å². The molecule has 0 saturated carbocycles. The van der Waals surface area contributed by atoms with Crippen LogP contribution in [0.25, 0.3) is 0 Å². The topological polar surface area (TPSA) is 32.3 Å². The Bertz CT molecular complexity index is 416. The maximum Gasteiger partial charge on any atom is 0.270 e. The largest absolute Gasteiger partial charge is 0.372 e. The number of hydrogen-bond acceptors (Lipinski definition) is 3. The van der Waals surface area contributed by atoms with Gasteiger partial charge in [-0.05, 0) is 24.1 Å². The quantitative estimate of drug-likeness (QED) is 0.817. The molecule has 0 amide bonds. The van der Waals surface area contributed by atoms with Crippen molar-refractivity contribution >= 4 is 16.8 Å². The van der Waals surface area contributed by atoms with Gasteiger partial charge in [-0.1, -0.05) is 30.3 Å². The van der Waals surface area contributed by atoms with Crippen LogP contribution in [0, 0.1) is 0 Å². The zero-order valence-electron chi connectivity index (χ0n) is 8.98. The second kappa shape index (κ2) is 4.58. The van der Waals surface area contributed by atoms with Crippen LogP contribution in [-0.4, -0.2) is 16.8 Å². The van der Waals surface area contributed by atoms with Crippen LogP contribution >= 0.6 is 11.6 Å². The van der Waals surface area contributed by atoms with Gasteiger partial charge in [0.05, 0.1) is 12.7 Å². The van der Waals surface area contributed by atoms with E-state index in [1.54, 1.807) is 6.20 Å². The molecule has 84 valence electrons. The van der Waals surface area contributed by atoms with Gasteiger partial charge in [0.2, 0.25) is 0 Å². The molecule has 0 radical (unpaired) electrons. The van der Waals surface area contributed by atoms with Crippen LogP contribution in [0.2, 0.25) is 0 Å². The van der Waals surface area contributed by atoms with Gasteiger partial charge in [0, 0.05) is 6.20 Å². The highest BCUT2D eigenvalue weighted by Gasteiger charge is 2.25. The minimum atomic E-state index is -0.423. The first kappa shape index (κ1) is 11.0. The molecule has 1 heterocycles. The monoisotopic (exact) mass is 236 g/mol. The van der Waals surface area contributed by atoms with Crippen LogP contribution in [0.15, 0.2) is 42.2 Å². The number of carbonyl (C=O) groups is 1. The highest BCUT2D eigenvalue weighted by Crippen LogP contribution is 2.26. The van der Waals surface area contributed by atoms with Gasteiger partial charge in [-0.3, -0.25) is 4.79 Å². The average molecular weight is 237 g/mol. The molecule has 1 aliphatic rings.